The standard InChI is InChI=1S/C26H30Cl3NO7/c1-17(31)37-25(2)22(32)21(34-14-19-11-7-4-8-12-19)20(15-33-13-18-9-5-3-6-10-18)16-35-24(25)36-23(30)26(27,28)29/h3-12,20-22,24,30,32H,13-16H2,1-2H3/t20?,21-,22?,24-,25?/m1/s1. The van der Waals surface area contributed by atoms with Crippen LogP contribution >= 0.6 is 34.8 Å². The average Bonchev–Trinajstić information content (AvgIpc) is 2.93. The number of nitrogens with one attached hydrogen (secondary N) is 1. The first kappa shape index (κ1) is 29.6. The van der Waals surface area contributed by atoms with Crippen LogP contribution in [-0.4, -0.2) is 58.1 Å². The van der Waals surface area contributed by atoms with E-state index >= 15 is 0 Å². The number of ether oxygens (including phenoxy) is 5. The lowest BCUT2D eigenvalue weighted by atomic mass is 9.88. The fourth-order valence-corrected chi connectivity index (χ4v) is 4.11. The van der Waals surface area contributed by atoms with E-state index in [-0.39, 0.29) is 19.8 Å². The van der Waals surface area contributed by atoms with Crippen molar-refractivity contribution in [2.45, 2.75) is 55.0 Å². The van der Waals surface area contributed by atoms with Crippen molar-refractivity contribution in [2.24, 2.45) is 5.92 Å². The summed E-state index contributed by atoms with van der Waals surface area (Å²) in [6.45, 7) is 3.22. The number of aliphatic hydroxyl groups is 1. The molecule has 1 aliphatic rings. The van der Waals surface area contributed by atoms with Crippen LogP contribution in [0.15, 0.2) is 60.7 Å². The molecule has 8 nitrogen and oxygen atoms in total. The molecule has 0 aliphatic carbocycles. The predicted molar refractivity (Wildman–Crippen MR) is 140 cm³/mol. The summed E-state index contributed by atoms with van der Waals surface area (Å²) < 4.78 is 26.9. The number of alkyl halides is 3. The molecule has 1 heterocycles. The predicted octanol–water partition coefficient (Wildman–Crippen LogP) is 4.81. The molecule has 37 heavy (non-hydrogen) atoms. The van der Waals surface area contributed by atoms with Crippen LogP contribution in [0.1, 0.15) is 25.0 Å². The van der Waals surface area contributed by atoms with Crippen molar-refractivity contribution in [1.29, 1.82) is 5.41 Å². The Labute approximate surface area is 231 Å². The number of hydrogen-bond acceptors (Lipinski definition) is 8. The molecule has 0 saturated carbocycles. The van der Waals surface area contributed by atoms with E-state index in [9.17, 15) is 9.90 Å². The van der Waals surface area contributed by atoms with Gasteiger partial charge in [-0.3, -0.25) is 10.2 Å². The number of benzene rings is 2. The molecule has 2 aromatic rings. The van der Waals surface area contributed by atoms with Crippen molar-refractivity contribution < 1.29 is 33.6 Å². The number of carbonyl (C=O) groups is 1. The van der Waals surface area contributed by atoms with Gasteiger partial charge in [0.1, 0.15) is 6.10 Å². The van der Waals surface area contributed by atoms with Crippen molar-refractivity contribution in [2.75, 3.05) is 13.2 Å². The Morgan fingerprint density at radius 1 is 1.08 bits per heavy atom. The Morgan fingerprint density at radius 2 is 1.65 bits per heavy atom. The Bertz CT molecular complexity index is 1020. The second-order valence-corrected chi connectivity index (χ2v) is 11.1. The second-order valence-electron chi connectivity index (χ2n) is 8.85. The number of aliphatic hydroxyl groups excluding tert-OH is 1. The van der Waals surface area contributed by atoms with E-state index in [4.69, 9.17) is 63.9 Å². The maximum absolute atomic E-state index is 12.1. The minimum Gasteiger partial charge on any atom is -0.450 e. The van der Waals surface area contributed by atoms with Crippen LogP contribution in [0.5, 0.6) is 0 Å². The molecule has 0 amide bonds. The zero-order chi connectivity index (χ0) is 27.1. The average molecular weight is 575 g/mol. The maximum atomic E-state index is 12.1. The summed E-state index contributed by atoms with van der Waals surface area (Å²) in [5, 5.41) is 19.6. The molecule has 1 aliphatic heterocycles. The highest BCUT2D eigenvalue weighted by atomic mass is 35.6. The highest BCUT2D eigenvalue weighted by Gasteiger charge is 2.55. The zero-order valence-corrected chi connectivity index (χ0v) is 22.7. The van der Waals surface area contributed by atoms with Gasteiger partial charge in [-0.05, 0) is 18.1 Å². The lowest BCUT2D eigenvalue weighted by Gasteiger charge is -2.40. The van der Waals surface area contributed by atoms with Gasteiger partial charge in [-0.15, -0.1) is 0 Å². The molecule has 1 saturated heterocycles. The molecule has 0 spiro atoms. The third-order valence-electron chi connectivity index (χ3n) is 5.87. The van der Waals surface area contributed by atoms with Crippen molar-refractivity contribution in [3.8, 4) is 0 Å². The van der Waals surface area contributed by atoms with E-state index in [1.807, 2.05) is 60.7 Å². The van der Waals surface area contributed by atoms with Gasteiger partial charge in [0.25, 0.3) is 3.79 Å². The first-order valence-corrected chi connectivity index (χ1v) is 12.7. The summed E-state index contributed by atoms with van der Waals surface area (Å²) in [7, 11) is 0. The van der Waals surface area contributed by atoms with E-state index in [1.165, 1.54) is 13.8 Å². The van der Waals surface area contributed by atoms with Crippen LogP contribution in [0.25, 0.3) is 0 Å². The zero-order valence-electron chi connectivity index (χ0n) is 20.4. The second kappa shape index (κ2) is 13.2. The van der Waals surface area contributed by atoms with Gasteiger partial charge in [0.05, 0.1) is 32.5 Å². The van der Waals surface area contributed by atoms with Gasteiger partial charge in [-0.2, -0.15) is 0 Å². The molecule has 1 fully saturated rings. The summed E-state index contributed by atoms with van der Waals surface area (Å²) >= 11 is 17.4. The molecule has 0 aromatic heterocycles. The highest BCUT2D eigenvalue weighted by Crippen LogP contribution is 2.37. The normalized spacial score (nSPS) is 26.2. The molecule has 2 aromatic carbocycles. The Morgan fingerprint density at radius 3 is 2.19 bits per heavy atom. The lowest BCUT2D eigenvalue weighted by Crippen LogP contribution is -2.59. The molecule has 0 bridgehead atoms. The van der Waals surface area contributed by atoms with Gasteiger partial charge in [0, 0.05) is 12.8 Å². The van der Waals surface area contributed by atoms with Crippen LogP contribution in [0, 0.1) is 11.3 Å². The van der Waals surface area contributed by atoms with Crippen LogP contribution in [0.3, 0.4) is 0 Å². The minimum atomic E-state index is -2.20. The quantitative estimate of drug-likeness (QED) is 0.192. The smallest absolute Gasteiger partial charge is 0.303 e. The summed E-state index contributed by atoms with van der Waals surface area (Å²) in [5.74, 6) is -1.97. The summed E-state index contributed by atoms with van der Waals surface area (Å²) in [5.41, 5.74) is 0.0362. The van der Waals surface area contributed by atoms with Crippen LogP contribution < -0.4 is 0 Å². The van der Waals surface area contributed by atoms with Gasteiger partial charge in [-0.1, -0.05) is 95.5 Å². The number of esters is 1. The van der Waals surface area contributed by atoms with E-state index < -0.39 is 45.7 Å². The van der Waals surface area contributed by atoms with Crippen molar-refractivity contribution in [3.05, 3.63) is 71.8 Å². The first-order valence-electron chi connectivity index (χ1n) is 11.6. The first-order chi connectivity index (χ1) is 17.5. The topological polar surface area (TPSA) is 107 Å². The Balaban J connectivity index is 1.87. The molecule has 202 valence electrons. The monoisotopic (exact) mass is 573 g/mol. The van der Waals surface area contributed by atoms with Crippen molar-refractivity contribution >= 4 is 46.7 Å². The molecular weight excluding hydrogens is 545 g/mol. The number of hydrogen-bond donors (Lipinski definition) is 2. The summed E-state index contributed by atoms with van der Waals surface area (Å²) in [6.07, 6.45) is -3.84. The molecule has 3 unspecified atom stereocenters. The Kier molecular flexibility index (Phi) is 10.6. The van der Waals surface area contributed by atoms with E-state index in [2.05, 4.69) is 0 Å². The van der Waals surface area contributed by atoms with Crippen molar-refractivity contribution in [1.82, 2.24) is 0 Å². The number of rotatable bonds is 9. The van der Waals surface area contributed by atoms with Gasteiger partial charge in [-0.25, -0.2) is 0 Å². The fourth-order valence-electron chi connectivity index (χ4n) is 3.98. The van der Waals surface area contributed by atoms with Crippen LogP contribution in [0.2, 0.25) is 0 Å². The van der Waals surface area contributed by atoms with E-state index in [1.54, 1.807) is 0 Å². The van der Waals surface area contributed by atoms with Gasteiger partial charge >= 0.3 is 5.97 Å². The third-order valence-corrected chi connectivity index (χ3v) is 6.38. The maximum Gasteiger partial charge on any atom is 0.303 e. The number of halogens is 3. The summed E-state index contributed by atoms with van der Waals surface area (Å²) in [4.78, 5) is 12.1. The van der Waals surface area contributed by atoms with Crippen LogP contribution in [0.4, 0.5) is 0 Å². The number of carbonyl (C=O) groups excluding carboxylic acids is 1. The van der Waals surface area contributed by atoms with E-state index in [0.29, 0.717) is 6.61 Å². The molecule has 11 heteroatoms. The molecule has 0 radical (unpaired) electrons. The molecule has 5 atom stereocenters. The van der Waals surface area contributed by atoms with Crippen molar-refractivity contribution in [3.63, 3.8) is 0 Å². The SMILES string of the molecule is CC(=O)OC1(C)C(O)[C@H](OCc2ccccc2)C(COCc2ccccc2)CO[C@@H]1OC(=N)C(Cl)(Cl)Cl. The summed E-state index contributed by atoms with van der Waals surface area (Å²) in [6, 6.07) is 19.0. The van der Waals surface area contributed by atoms with E-state index in [0.717, 1.165) is 11.1 Å². The van der Waals surface area contributed by atoms with Gasteiger partial charge in [0.2, 0.25) is 12.2 Å². The van der Waals surface area contributed by atoms with Gasteiger partial charge in [0.15, 0.2) is 5.60 Å². The van der Waals surface area contributed by atoms with Crippen LogP contribution in [-0.2, 0) is 41.7 Å². The fraction of sp³-hybridized carbons (Fsp3) is 0.462. The Hall–Kier alpha value is -1.91. The minimum absolute atomic E-state index is 0.0278. The largest absolute Gasteiger partial charge is 0.450 e. The molecule has 3 rings (SSSR count). The molecular formula is C26H30Cl3NO7. The lowest BCUT2D eigenvalue weighted by molar-refractivity contribution is -0.245. The highest BCUT2D eigenvalue weighted by molar-refractivity contribution is 6.76. The third kappa shape index (κ3) is 8.29. The van der Waals surface area contributed by atoms with Gasteiger partial charge < -0.3 is 28.8 Å². The molecule has 2 N–H and O–H groups in total.